The Kier molecular flexibility index (Phi) is 7.32. The van der Waals surface area contributed by atoms with Gasteiger partial charge >= 0.3 is 5.97 Å². The number of nitrogens with zero attached hydrogens (tertiary/aromatic N) is 1. The minimum atomic E-state index is -0.863. The molecule has 0 atom stereocenters. The molecule has 1 amide bonds. The third-order valence-electron chi connectivity index (χ3n) is 6.90. The molecule has 3 N–H and O–H groups in total. The number of anilines is 2. The second-order valence-corrected chi connectivity index (χ2v) is 9.65. The molecule has 2 aliphatic heterocycles. The first kappa shape index (κ1) is 24.7. The van der Waals surface area contributed by atoms with Crippen LogP contribution in [0.5, 0.6) is 0 Å². The summed E-state index contributed by atoms with van der Waals surface area (Å²) in [6, 6.07) is 20.0. The Morgan fingerprint density at radius 1 is 0.973 bits per heavy atom. The van der Waals surface area contributed by atoms with Gasteiger partial charge in [0.1, 0.15) is 5.82 Å². The molecule has 0 saturated carbocycles. The van der Waals surface area contributed by atoms with Gasteiger partial charge in [-0.3, -0.25) is 14.5 Å². The average molecular weight is 500 g/mol. The fourth-order valence-corrected chi connectivity index (χ4v) is 5.02. The molecule has 3 aromatic rings. The van der Waals surface area contributed by atoms with Crippen LogP contribution in [0.3, 0.4) is 0 Å². The topological polar surface area (TPSA) is 81.7 Å². The summed E-state index contributed by atoms with van der Waals surface area (Å²) >= 11 is 0. The van der Waals surface area contributed by atoms with Gasteiger partial charge < -0.3 is 15.7 Å². The van der Waals surface area contributed by atoms with Crippen molar-refractivity contribution in [3.05, 3.63) is 94.8 Å². The molecule has 3 aromatic carbocycles. The summed E-state index contributed by atoms with van der Waals surface area (Å²) < 4.78 is 13.9. The predicted molar refractivity (Wildman–Crippen MR) is 143 cm³/mol. The number of carbonyl (C=O) groups is 2. The fraction of sp³-hybridized carbons (Fsp3) is 0.267. The van der Waals surface area contributed by atoms with Crippen molar-refractivity contribution in [1.29, 1.82) is 0 Å². The predicted octanol–water partition coefficient (Wildman–Crippen LogP) is 5.76. The van der Waals surface area contributed by atoms with E-state index in [4.69, 9.17) is 5.11 Å². The Hall–Kier alpha value is -3.97. The Morgan fingerprint density at radius 2 is 1.76 bits per heavy atom. The van der Waals surface area contributed by atoms with Crippen LogP contribution in [-0.4, -0.2) is 35.0 Å². The Labute approximate surface area is 215 Å². The quantitative estimate of drug-likeness (QED) is 0.343. The first-order chi connectivity index (χ1) is 18.0. The lowest BCUT2D eigenvalue weighted by Crippen LogP contribution is -2.29. The molecule has 2 heterocycles. The highest BCUT2D eigenvalue weighted by molar-refractivity contribution is 6.37. The number of rotatable bonds is 8. The molecule has 0 unspecified atom stereocenters. The maximum Gasteiger partial charge on any atom is 0.303 e. The molecule has 0 bridgehead atoms. The van der Waals surface area contributed by atoms with E-state index < -0.39 is 11.8 Å². The molecule has 7 heteroatoms. The van der Waals surface area contributed by atoms with Gasteiger partial charge in [0.2, 0.25) is 0 Å². The van der Waals surface area contributed by atoms with Gasteiger partial charge in [-0.15, -0.1) is 0 Å². The monoisotopic (exact) mass is 499 g/mol. The van der Waals surface area contributed by atoms with Gasteiger partial charge in [0.05, 0.1) is 17.0 Å². The summed E-state index contributed by atoms with van der Waals surface area (Å²) in [5.74, 6) is -1.60. The molecule has 2 aliphatic rings. The van der Waals surface area contributed by atoms with Gasteiger partial charge in [-0.05, 0) is 85.4 Å². The van der Waals surface area contributed by atoms with Gasteiger partial charge in [-0.25, -0.2) is 4.39 Å². The smallest absolute Gasteiger partial charge is 0.303 e. The summed E-state index contributed by atoms with van der Waals surface area (Å²) in [6.45, 7) is 3.17. The highest BCUT2D eigenvalue weighted by atomic mass is 19.1. The van der Waals surface area contributed by atoms with E-state index in [9.17, 15) is 14.0 Å². The number of hydrogen-bond donors (Lipinski definition) is 3. The van der Waals surface area contributed by atoms with E-state index in [-0.39, 0.29) is 12.3 Å². The standard InChI is InChI=1S/C30H30FN3O3/c31-23-10-13-25-26(18-23)33-30(37)28(25)29(22-6-4-5-20(17-22)9-14-27(35)36)32-24-11-7-21(8-12-24)19-34-15-2-1-3-16-34/h4-8,10-13,17-18,32H,1-3,9,14-16,19H2,(H,33,37)(H,35,36). The Bertz CT molecular complexity index is 1340. The van der Waals surface area contributed by atoms with E-state index in [0.29, 0.717) is 28.9 Å². The number of carbonyl (C=O) groups excluding carboxylic acids is 1. The van der Waals surface area contributed by atoms with Crippen molar-refractivity contribution in [2.75, 3.05) is 23.7 Å². The summed E-state index contributed by atoms with van der Waals surface area (Å²) in [4.78, 5) is 26.7. The lowest BCUT2D eigenvalue weighted by molar-refractivity contribution is -0.137. The summed E-state index contributed by atoms with van der Waals surface area (Å²) in [5.41, 5.74) is 5.72. The van der Waals surface area contributed by atoms with Crippen molar-refractivity contribution < 1.29 is 19.1 Å². The van der Waals surface area contributed by atoms with Crippen molar-refractivity contribution in [1.82, 2.24) is 4.90 Å². The molecule has 37 heavy (non-hydrogen) atoms. The molecule has 6 nitrogen and oxygen atoms in total. The van der Waals surface area contributed by atoms with Crippen LogP contribution in [0.15, 0.2) is 66.7 Å². The highest BCUT2D eigenvalue weighted by Gasteiger charge is 2.29. The second-order valence-electron chi connectivity index (χ2n) is 9.65. The summed E-state index contributed by atoms with van der Waals surface area (Å²) in [6.07, 6.45) is 4.19. The number of aryl methyl sites for hydroxylation is 1. The van der Waals surface area contributed by atoms with Gasteiger partial charge in [0.15, 0.2) is 0 Å². The molecular weight excluding hydrogens is 469 g/mol. The molecule has 0 radical (unpaired) electrons. The first-order valence-corrected chi connectivity index (χ1v) is 12.7. The van der Waals surface area contributed by atoms with Crippen molar-refractivity contribution in [3.63, 3.8) is 0 Å². The zero-order valence-electron chi connectivity index (χ0n) is 20.6. The van der Waals surface area contributed by atoms with Crippen LogP contribution in [0.1, 0.15) is 47.9 Å². The number of likely N-dealkylation sites (tertiary alicyclic amines) is 1. The van der Waals surface area contributed by atoms with E-state index in [1.54, 1.807) is 6.07 Å². The van der Waals surface area contributed by atoms with E-state index in [1.807, 2.05) is 36.4 Å². The van der Waals surface area contributed by atoms with E-state index in [2.05, 4.69) is 27.7 Å². The number of piperidine rings is 1. The number of aliphatic carboxylic acids is 1. The van der Waals surface area contributed by atoms with Crippen molar-refractivity contribution in [2.45, 2.75) is 38.6 Å². The van der Waals surface area contributed by atoms with Crippen LogP contribution in [0, 0.1) is 5.82 Å². The van der Waals surface area contributed by atoms with Crippen molar-refractivity contribution in [2.24, 2.45) is 0 Å². The molecule has 5 rings (SSSR count). The van der Waals surface area contributed by atoms with Crippen LogP contribution in [0.25, 0.3) is 11.3 Å². The van der Waals surface area contributed by atoms with Crippen molar-refractivity contribution >= 4 is 34.5 Å². The van der Waals surface area contributed by atoms with Gasteiger partial charge in [-0.1, -0.05) is 36.8 Å². The van der Waals surface area contributed by atoms with Crippen LogP contribution in [0.4, 0.5) is 15.8 Å². The molecule has 1 fully saturated rings. The van der Waals surface area contributed by atoms with Crippen LogP contribution >= 0.6 is 0 Å². The average Bonchev–Trinajstić information content (AvgIpc) is 3.22. The van der Waals surface area contributed by atoms with E-state index in [0.717, 1.165) is 36.4 Å². The SMILES string of the molecule is O=C(O)CCc1cccc(C(Nc2ccc(CN3CCCCC3)cc2)=C2C(=O)Nc3cc(F)ccc32)c1. The summed E-state index contributed by atoms with van der Waals surface area (Å²) in [5, 5.41) is 15.3. The lowest BCUT2D eigenvalue weighted by atomic mass is 9.97. The molecule has 0 spiro atoms. The largest absolute Gasteiger partial charge is 0.481 e. The molecule has 1 saturated heterocycles. The zero-order chi connectivity index (χ0) is 25.8. The molecule has 0 aromatic heterocycles. The zero-order valence-corrected chi connectivity index (χ0v) is 20.6. The van der Waals surface area contributed by atoms with Crippen LogP contribution in [0.2, 0.25) is 0 Å². The van der Waals surface area contributed by atoms with Gasteiger partial charge in [-0.2, -0.15) is 0 Å². The number of amides is 1. The fourth-order valence-electron chi connectivity index (χ4n) is 5.02. The number of halogens is 1. The number of carboxylic acids is 1. The summed E-state index contributed by atoms with van der Waals surface area (Å²) in [7, 11) is 0. The third kappa shape index (κ3) is 5.89. The molecular formula is C30H30FN3O3. The van der Waals surface area contributed by atoms with Crippen LogP contribution < -0.4 is 10.6 Å². The normalized spacial score (nSPS) is 16.7. The second kappa shape index (κ2) is 11.0. The third-order valence-corrected chi connectivity index (χ3v) is 6.90. The number of carboxylic acid groups (broad SMARTS) is 1. The van der Waals surface area contributed by atoms with E-state index in [1.165, 1.54) is 37.0 Å². The number of nitrogens with one attached hydrogen (secondary N) is 2. The Morgan fingerprint density at radius 3 is 2.51 bits per heavy atom. The Balaban J connectivity index is 1.49. The maximum atomic E-state index is 13.9. The van der Waals surface area contributed by atoms with E-state index >= 15 is 0 Å². The maximum absolute atomic E-state index is 13.9. The number of benzene rings is 3. The minimum absolute atomic E-state index is 0.0177. The molecule has 190 valence electrons. The van der Waals surface area contributed by atoms with Crippen LogP contribution in [-0.2, 0) is 22.6 Å². The minimum Gasteiger partial charge on any atom is -0.481 e. The van der Waals surface area contributed by atoms with Crippen molar-refractivity contribution in [3.8, 4) is 0 Å². The first-order valence-electron chi connectivity index (χ1n) is 12.7. The lowest BCUT2D eigenvalue weighted by Gasteiger charge is -2.26. The highest BCUT2D eigenvalue weighted by Crippen LogP contribution is 2.38. The van der Waals surface area contributed by atoms with Gasteiger partial charge in [0.25, 0.3) is 5.91 Å². The number of hydrogen-bond acceptors (Lipinski definition) is 4. The van der Waals surface area contributed by atoms with Gasteiger partial charge in [0, 0.05) is 24.2 Å². The number of fused-ring (bicyclic) bond motifs is 1. The molecule has 0 aliphatic carbocycles.